The Morgan fingerprint density at radius 1 is 0.917 bits per heavy atom. The first kappa shape index (κ1) is 18.0. The van der Waals surface area contributed by atoms with Crippen LogP contribution in [-0.2, 0) is 0 Å². The van der Waals surface area contributed by atoms with Crippen molar-refractivity contribution in [3.63, 3.8) is 0 Å². The molecule has 130 valence electrons. The van der Waals surface area contributed by atoms with E-state index in [1.165, 1.54) is 0 Å². The molecular formula is C20H28N2O2. The lowest BCUT2D eigenvalue weighted by atomic mass is 10.2. The Kier molecular flexibility index (Phi) is 7.27. The lowest BCUT2D eigenvalue weighted by Crippen LogP contribution is -2.14. The molecule has 2 N–H and O–H groups in total. The third kappa shape index (κ3) is 6.03. The molecule has 0 fully saturated rings. The second-order valence-corrected chi connectivity index (χ2v) is 6.02. The van der Waals surface area contributed by atoms with E-state index in [0.717, 1.165) is 42.6 Å². The zero-order chi connectivity index (χ0) is 17.2. The molecule has 0 aliphatic rings. The van der Waals surface area contributed by atoms with Crippen molar-refractivity contribution in [1.82, 2.24) is 0 Å². The maximum absolute atomic E-state index is 5.75. The van der Waals surface area contributed by atoms with Gasteiger partial charge in [-0.3, -0.25) is 0 Å². The lowest BCUT2D eigenvalue weighted by molar-refractivity contribution is 0.271. The van der Waals surface area contributed by atoms with Crippen LogP contribution in [-0.4, -0.2) is 26.3 Å². The second kappa shape index (κ2) is 9.71. The number of ether oxygens (including phenoxy) is 2. The molecular weight excluding hydrogens is 300 g/mol. The van der Waals surface area contributed by atoms with Gasteiger partial charge in [-0.05, 0) is 37.1 Å². The van der Waals surface area contributed by atoms with E-state index < -0.39 is 0 Å². The molecule has 0 spiro atoms. The van der Waals surface area contributed by atoms with E-state index in [-0.39, 0.29) is 0 Å². The van der Waals surface area contributed by atoms with Gasteiger partial charge in [-0.15, -0.1) is 0 Å². The smallest absolute Gasteiger partial charge is 0.142 e. The van der Waals surface area contributed by atoms with Crippen molar-refractivity contribution in [2.24, 2.45) is 5.92 Å². The molecule has 0 bridgehead atoms. The fourth-order valence-corrected chi connectivity index (χ4v) is 2.26. The van der Waals surface area contributed by atoms with Crippen LogP contribution in [0.2, 0.25) is 0 Å². The van der Waals surface area contributed by atoms with Crippen molar-refractivity contribution < 1.29 is 9.47 Å². The van der Waals surface area contributed by atoms with Crippen molar-refractivity contribution in [2.75, 3.05) is 36.9 Å². The number of nitrogens with one attached hydrogen (secondary N) is 2. The first-order valence-corrected chi connectivity index (χ1v) is 8.61. The van der Waals surface area contributed by atoms with Crippen molar-refractivity contribution in [3.05, 3.63) is 48.5 Å². The molecule has 0 atom stereocenters. The molecule has 0 heterocycles. The molecule has 2 rings (SSSR count). The highest BCUT2D eigenvalue weighted by molar-refractivity contribution is 5.56. The molecule has 0 saturated heterocycles. The van der Waals surface area contributed by atoms with Gasteiger partial charge in [0.05, 0.1) is 18.9 Å². The summed E-state index contributed by atoms with van der Waals surface area (Å²) in [4.78, 5) is 0. The summed E-state index contributed by atoms with van der Waals surface area (Å²) in [5, 5.41) is 6.82. The molecule has 0 aromatic heterocycles. The van der Waals surface area contributed by atoms with Crippen molar-refractivity contribution in [2.45, 2.75) is 20.8 Å². The molecule has 0 aliphatic carbocycles. The van der Waals surface area contributed by atoms with Crippen LogP contribution in [0.4, 0.5) is 11.4 Å². The van der Waals surface area contributed by atoms with Gasteiger partial charge >= 0.3 is 0 Å². The van der Waals surface area contributed by atoms with Crippen LogP contribution in [0.25, 0.3) is 0 Å². The zero-order valence-corrected chi connectivity index (χ0v) is 14.8. The highest BCUT2D eigenvalue weighted by Crippen LogP contribution is 2.23. The highest BCUT2D eigenvalue weighted by atomic mass is 16.5. The predicted octanol–water partition coefficient (Wildman–Crippen LogP) is 4.64. The summed E-state index contributed by atoms with van der Waals surface area (Å²) in [7, 11) is 0. The number of hydrogen-bond donors (Lipinski definition) is 2. The van der Waals surface area contributed by atoms with Gasteiger partial charge in [0.1, 0.15) is 11.5 Å². The van der Waals surface area contributed by atoms with E-state index in [4.69, 9.17) is 9.47 Å². The van der Waals surface area contributed by atoms with Crippen molar-refractivity contribution in [1.29, 1.82) is 0 Å². The highest BCUT2D eigenvalue weighted by Gasteiger charge is 2.02. The molecule has 0 unspecified atom stereocenters. The van der Waals surface area contributed by atoms with Gasteiger partial charge in [0.25, 0.3) is 0 Å². The fraction of sp³-hybridized carbons (Fsp3) is 0.400. The average Bonchev–Trinajstić information content (AvgIpc) is 2.59. The van der Waals surface area contributed by atoms with E-state index in [9.17, 15) is 0 Å². The van der Waals surface area contributed by atoms with E-state index in [2.05, 4.69) is 30.5 Å². The van der Waals surface area contributed by atoms with Crippen LogP contribution in [0.5, 0.6) is 11.5 Å². The topological polar surface area (TPSA) is 42.5 Å². The second-order valence-electron chi connectivity index (χ2n) is 6.02. The number of para-hydroxylation sites is 2. The van der Waals surface area contributed by atoms with Gasteiger partial charge < -0.3 is 20.1 Å². The monoisotopic (exact) mass is 328 g/mol. The van der Waals surface area contributed by atoms with Crippen LogP contribution in [0.1, 0.15) is 20.8 Å². The van der Waals surface area contributed by atoms with E-state index in [0.29, 0.717) is 12.5 Å². The molecule has 0 radical (unpaired) electrons. The maximum atomic E-state index is 5.75. The summed E-state index contributed by atoms with van der Waals surface area (Å²) < 4.78 is 11.4. The average molecular weight is 328 g/mol. The third-order valence-electron chi connectivity index (χ3n) is 3.37. The Labute approximate surface area is 145 Å². The summed E-state index contributed by atoms with van der Waals surface area (Å²) in [6, 6.07) is 16.1. The molecule has 4 nitrogen and oxygen atoms in total. The van der Waals surface area contributed by atoms with E-state index in [1.807, 2.05) is 49.4 Å². The number of hydrogen-bond acceptors (Lipinski definition) is 4. The molecule has 4 heteroatoms. The molecule has 0 aliphatic heterocycles. The Hall–Kier alpha value is -2.36. The normalized spacial score (nSPS) is 10.5. The van der Waals surface area contributed by atoms with Crippen LogP contribution in [0.15, 0.2) is 48.5 Å². The largest absolute Gasteiger partial charge is 0.493 e. The maximum Gasteiger partial charge on any atom is 0.142 e. The Morgan fingerprint density at radius 3 is 2.50 bits per heavy atom. The van der Waals surface area contributed by atoms with Gasteiger partial charge in [0.2, 0.25) is 0 Å². The van der Waals surface area contributed by atoms with Crippen molar-refractivity contribution in [3.8, 4) is 11.5 Å². The van der Waals surface area contributed by atoms with Crippen LogP contribution in [0.3, 0.4) is 0 Å². The van der Waals surface area contributed by atoms with E-state index in [1.54, 1.807) is 0 Å². The number of anilines is 2. The van der Waals surface area contributed by atoms with Crippen LogP contribution < -0.4 is 20.1 Å². The number of rotatable bonds is 10. The van der Waals surface area contributed by atoms with Gasteiger partial charge in [-0.2, -0.15) is 0 Å². The lowest BCUT2D eigenvalue weighted by Gasteiger charge is -2.14. The summed E-state index contributed by atoms with van der Waals surface area (Å²) in [5.41, 5.74) is 2.09. The summed E-state index contributed by atoms with van der Waals surface area (Å²) in [6.45, 7) is 9.31. The van der Waals surface area contributed by atoms with Gasteiger partial charge in [-0.1, -0.05) is 32.0 Å². The standard InChI is InChI=1S/C20H28N2O2/c1-4-23-20-11-6-5-10-19(20)22-13-12-21-17-8-7-9-18(14-17)24-15-16(2)3/h5-11,14,16,21-22H,4,12-13,15H2,1-3H3. The van der Waals surface area contributed by atoms with Crippen LogP contribution >= 0.6 is 0 Å². The molecule has 2 aromatic rings. The fourth-order valence-electron chi connectivity index (χ4n) is 2.26. The molecule has 0 saturated carbocycles. The minimum Gasteiger partial charge on any atom is -0.493 e. The van der Waals surface area contributed by atoms with Crippen molar-refractivity contribution >= 4 is 11.4 Å². The van der Waals surface area contributed by atoms with Crippen LogP contribution in [0, 0.1) is 5.92 Å². The van der Waals surface area contributed by atoms with E-state index >= 15 is 0 Å². The first-order valence-electron chi connectivity index (χ1n) is 8.61. The quantitative estimate of drug-likeness (QED) is 0.623. The SMILES string of the molecule is CCOc1ccccc1NCCNc1cccc(OCC(C)C)c1. The zero-order valence-electron chi connectivity index (χ0n) is 14.8. The molecule has 2 aromatic carbocycles. The summed E-state index contributed by atoms with van der Waals surface area (Å²) >= 11 is 0. The Morgan fingerprint density at radius 2 is 1.71 bits per heavy atom. The minimum atomic E-state index is 0.524. The Bertz CT molecular complexity index is 614. The summed E-state index contributed by atoms with van der Waals surface area (Å²) in [6.07, 6.45) is 0. The predicted molar refractivity (Wildman–Crippen MR) is 101 cm³/mol. The Balaban J connectivity index is 1.79. The number of benzene rings is 2. The minimum absolute atomic E-state index is 0.524. The molecule has 0 amide bonds. The third-order valence-corrected chi connectivity index (χ3v) is 3.37. The first-order chi connectivity index (χ1) is 11.7. The summed E-state index contributed by atoms with van der Waals surface area (Å²) in [5.74, 6) is 2.32. The molecule has 24 heavy (non-hydrogen) atoms. The van der Waals surface area contributed by atoms with Gasteiger partial charge in [-0.25, -0.2) is 0 Å². The van der Waals surface area contributed by atoms with Gasteiger partial charge in [0, 0.05) is 24.8 Å². The van der Waals surface area contributed by atoms with Gasteiger partial charge in [0.15, 0.2) is 0 Å².